The highest BCUT2D eigenvalue weighted by Crippen LogP contribution is 2.19. The molecule has 0 saturated carbocycles. The van der Waals surface area contributed by atoms with Gasteiger partial charge >= 0.3 is 0 Å². The first-order valence-electron chi connectivity index (χ1n) is 5.98. The van der Waals surface area contributed by atoms with Gasteiger partial charge in [0.15, 0.2) is 11.5 Å². The number of benzene rings is 1. The lowest BCUT2D eigenvalue weighted by Crippen LogP contribution is -2.07. The summed E-state index contributed by atoms with van der Waals surface area (Å²) in [5.41, 5.74) is 8.72. The van der Waals surface area contributed by atoms with Crippen LogP contribution in [0, 0.1) is 0 Å². The van der Waals surface area contributed by atoms with E-state index in [1.807, 2.05) is 42.5 Å². The molecule has 4 heteroatoms. The van der Waals surface area contributed by atoms with E-state index in [-0.39, 0.29) is 0 Å². The molecule has 0 aliphatic carbocycles. The topological polar surface area (TPSA) is 56.2 Å². The van der Waals surface area contributed by atoms with Crippen LogP contribution in [0.15, 0.2) is 48.5 Å². The van der Waals surface area contributed by atoms with Crippen LogP contribution in [0.25, 0.3) is 17.0 Å². The third-order valence-corrected chi connectivity index (χ3v) is 2.94. The molecule has 0 radical (unpaired) electrons. The second kappa shape index (κ2) is 4.58. The Bertz CT molecular complexity index is 658. The van der Waals surface area contributed by atoms with Crippen LogP contribution < -0.4 is 5.73 Å². The quantitative estimate of drug-likeness (QED) is 0.758. The summed E-state index contributed by atoms with van der Waals surface area (Å²) < 4.78 is 2.07. The third kappa shape index (κ3) is 1.76. The van der Waals surface area contributed by atoms with Crippen LogP contribution in [-0.4, -0.2) is 21.1 Å². The molecular formula is C14H14N4. The van der Waals surface area contributed by atoms with Crippen molar-refractivity contribution in [3.63, 3.8) is 0 Å². The van der Waals surface area contributed by atoms with E-state index >= 15 is 0 Å². The average Bonchev–Trinajstić information content (AvgIpc) is 2.85. The monoisotopic (exact) mass is 238 g/mol. The molecule has 0 aliphatic rings. The molecule has 0 amide bonds. The molecule has 0 unspecified atom stereocenters. The summed E-state index contributed by atoms with van der Waals surface area (Å²) in [6, 6.07) is 16.1. The Morgan fingerprint density at radius 3 is 2.56 bits per heavy atom. The number of pyridine rings is 1. The molecule has 18 heavy (non-hydrogen) atoms. The predicted molar refractivity (Wildman–Crippen MR) is 71.2 cm³/mol. The van der Waals surface area contributed by atoms with Crippen molar-refractivity contribution in [2.75, 3.05) is 6.54 Å². The van der Waals surface area contributed by atoms with Gasteiger partial charge in [0.25, 0.3) is 0 Å². The van der Waals surface area contributed by atoms with Crippen molar-refractivity contribution in [3.05, 3.63) is 54.2 Å². The first-order chi connectivity index (χ1) is 8.90. The Labute approximate surface area is 105 Å². The smallest absolute Gasteiger partial charge is 0.168 e. The zero-order chi connectivity index (χ0) is 12.4. The molecule has 2 aromatic heterocycles. The van der Waals surface area contributed by atoms with E-state index < -0.39 is 0 Å². The molecule has 0 saturated heterocycles. The largest absolute Gasteiger partial charge is 0.330 e. The highest BCUT2D eigenvalue weighted by Gasteiger charge is 2.10. The van der Waals surface area contributed by atoms with Crippen LogP contribution in [0.4, 0.5) is 0 Å². The van der Waals surface area contributed by atoms with Gasteiger partial charge in [-0.3, -0.25) is 4.40 Å². The molecule has 90 valence electrons. The van der Waals surface area contributed by atoms with Gasteiger partial charge in [0.05, 0.1) is 0 Å². The Morgan fingerprint density at radius 1 is 0.944 bits per heavy atom. The normalized spacial score (nSPS) is 10.9. The maximum absolute atomic E-state index is 5.65. The van der Waals surface area contributed by atoms with Crippen molar-refractivity contribution in [3.8, 4) is 11.4 Å². The second-order valence-corrected chi connectivity index (χ2v) is 4.14. The van der Waals surface area contributed by atoms with Crippen LogP contribution in [0.1, 0.15) is 5.69 Å². The zero-order valence-corrected chi connectivity index (χ0v) is 9.95. The van der Waals surface area contributed by atoms with Crippen LogP contribution in [-0.2, 0) is 6.42 Å². The molecule has 3 aromatic rings. The number of nitrogens with two attached hydrogens (primary N) is 1. The molecular weight excluding hydrogens is 224 g/mol. The maximum Gasteiger partial charge on any atom is 0.168 e. The predicted octanol–water partition coefficient (Wildman–Crippen LogP) is 1.90. The van der Waals surface area contributed by atoms with E-state index in [0.717, 1.165) is 29.1 Å². The first kappa shape index (κ1) is 10.9. The number of hydrogen-bond acceptors (Lipinski definition) is 3. The van der Waals surface area contributed by atoms with Crippen molar-refractivity contribution in [2.45, 2.75) is 6.42 Å². The highest BCUT2D eigenvalue weighted by molar-refractivity contribution is 5.60. The number of hydrogen-bond donors (Lipinski definition) is 1. The fourth-order valence-corrected chi connectivity index (χ4v) is 2.12. The highest BCUT2D eigenvalue weighted by atomic mass is 15.2. The van der Waals surface area contributed by atoms with Crippen LogP contribution >= 0.6 is 0 Å². The fourth-order valence-electron chi connectivity index (χ4n) is 2.12. The molecule has 0 aliphatic heterocycles. The van der Waals surface area contributed by atoms with Crippen LogP contribution in [0.3, 0.4) is 0 Å². The minimum absolute atomic E-state index is 0.617. The Hall–Kier alpha value is -2.20. The van der Waals surface area contributed by atoms with E-state index in [1.165, 1.54) is 0 Å². The molecule has 0 spiro atoms. The lowest BCUT2D eigenvalue weighted by Gasteiger charge is -2.06. The summed E-state index contributed by atoms with van der Waals surface area (Å²) in [6.07, 6.45) is 0.815. The van der Waals surface area contributed by atoms with E-state index in [9.17, 15) is 0 Å². The van der Waals surface area contributed by atoms with Gasteiger partial charge < -0.3 is 5.73 Å². The Morgan fingerprint density at radius 2 is 1.78 bits per heavy atom. The molecule has 0 bridgehead atoms. The van der Waals surface area contributed by atoms with E-state index in [4.69, 9.17) is 5.73 Å². The van der Waals surface area contributed by atoms with Crippen molar-refractivity contribution < 1.29 is 0 Å². The Kier molecular flexibility index (Phi) is 2.78. The van der Waals surface area contributed by atoms with Crippen LogP contribution in [0.2, 0.25) is 0 Å². The summed E-state index contributed by atoms with van der Waals surface area (Å²) in [4.78, 5) is 0. The molecule has 2 heterocycles. The summed E-state index contributed by atoms with van der Waals surface area (Å²) >= 11 is 0. The molecule has 3 rings (SSSR count). The lowest BCUT2D eigenvalue weighted by atomic mass is 10.2. The molecule has 4 nitrogen and oxygen atoms in total. The average molecular weight is 238 g/mol. The lowest BCUT2D eigenvalue weighted by molar-refractivity contribution is 0.896. The summed E-state index contributed by atoms with van der Waals surface area (Å²) in [5.74, 6) is 0.870. The number of fused-ring (bicyclic) bond motifs is 1. The number of nitrogens with zero attached hydrogens (tertiary/aromatic N) is 3. The third-order valence-electron chi connectivity index (χ3n) is 2.94. The molecule has 0 fully saturated rings. The first-order valence-corrected chi connectivity index (χ1v) is 5.98. The standard InChI is InChI=1S/C14H14N4/c15-10-9-12-7-4-8-13-16-17-14(18(12)13)11-5-2-1-3-6-11/h1-8H,9-10,15H2. The summed E-state index contributed by atoms with van der Waals surface area (Å²) in [5, 5.41) is 8.49. The van der Waals surface area contributed by atoms with Gasteiger partial charge in [0, 0.05) is 17.7 Å². The van der Waals surface area contributed by atoms with E-state index in [2.05, 4.69) is 20.7 Å². The van der Waals surface area contributed by atoms with Gasteiger partial charge in [-0.25, -0.2) is 0 Å². The maximum atomic E-state index is 5.65. The van der Waals surface area contributed by atoms with Gasteiger partial charge in [0.1, 0.15) is 0 Å². The van der Waals surface area contributed by atoms with Crippen LogP contribution in [0.5, 0.6) is 0 Å². The molecule has 2 N–H and O–H groups in total. The SMILES string of the molecule is NCCc1cccc2nnc(-c3ccccc3)n12. The van der Waals surface area contributed by atoms with Gasteiger partial charge in [-0.05, 0) is 18.7 Å². The van der Waals surface area contributed by atoms with E-state index in [1.54, 1.807) is 0 Å². The number of aromatic nitrogens is 3. The Balaban J connectivity index is 2.24. The van der Waals surface area contributed by atoms with Crippen molar-refractivity contribution in [2.24, 2.45) is 5.73 Å². The summed E-state index contributed by atoms with van der Waals surface area (Å²) in [6.45, 7) is 0.617. The number of rotatable bonds is 3. The van der Waals surface area contributed by atoms with Gasteiger partial charge in [-0.1, -0.05) is 36.4 Å². The van der Waals surface area contributed by atoms with Crippen molar-refractivity contribution >= 4 is 5.65 Å². The molecule has 0 atom stereocenters. The summed E-state index contributed by atoms with van der Waals surface area (Å²) in [7, 11) is 0. The second-order valence-electron chi connectivity index (χ2n) is 4.14. The minimum Gasteiger partial charge on any atom is -0.330 e. The van der Waals surface area contributed by atoms with E-state index in [0.29, 0.717) is 6.54 Å². The fraction of sp³-hybridized carbons (Fsp3) is 0.143. The van der Waals surface area contributed by atoms with Gasteiger partial charge in [-0.2, -0.15) is 0 Å². The zero-order valence-electron chi connectivity index (χ0n) is 9.95. The van der Waals surface area contributed by atoms with Crippen molar-refractivity contribution in [1.82, 2.24) is 14.6 Å². The van der Waals surface area contributed by atoms with Gasteiger partial charge in [-0.15, -0.1) is 10.2 Å². The molecule has 1 aromatic carbocycles. The van der Waals surface area contributed by atoms with Gasteiger partial charge in [0.2, 0.25) is 0 Å². The minimum atomic E-state index is 0.617. The van der Waals surface area contributed by atoms with Crippen molar-refractivity contribution in [1.29, 1.82) is 0 Å².